The first-order valence-electron chi connectivity index (χ1n) is 8.01. The van der Waals surface area contributed by atoms with Crippen LogP contribution < -0.4 is 14.8 Å². The lowest BCUT2D eigenvalue weighted by molar-refractivity contribution is -0.110. The van der Waals surface area contributed by atoms with Crippen LogP contribution >= 0.6 is 0 Å². The summed E-state index contributed by atoms with van der Waals surface area (Å²) < 4.78 is 11.2. The van der Waals surface area contributed by atoms with Crippen molar-refractivity contribution in [2.75, 3.05) is 19.0 Å². The average Bonchev–Trinajstić information content (AvgIpc) is 2.89. The average molecular weight is 323 g/mol. The SMILES string of the molecule is COc1cc(/C=C2/C(=O)Nc3ccccc32)ccc1OCC(C)C. The van der Waals surface area contributed by atoms with Crippen molar-refractivity contribution >= 4 is 23.2 Å². The van der Waals surface area contributed by atoms with Crippen LogP contribution in [0.3, 0.4) is 0 Å². The Labute approximate surface area is 142 Å². The van der Waals surface area contributed by atoms with Crippen molar-refractivity contribution in [3.8, 4) is 11.5 Å². The second-order valence-electron chi connectivity index (χ2n) is 6.17. The van der Waals surface area contributed by atoms with Crippen molar-refractivity contribution in [2.45, 2.75) is 13.8 Å². The Bertz CT molecular complexity index is 793. The highest BCUT2D eigenvalue weighted by molar-refractivity contribution is 6.34. The first-order chi connectivity index (χ1) is 11.6. The molecule has 1 aliphatic rings. The second kappa shape index (κ2) is 6.79. The molecule has 0 bridgehead atoms. The van der Waals surface area contributed by atoms with Crippen molar-refractivity contribution in [1.82, 2.24) is 0 Å². The molecule has 1 aliphatic heterocycles. The molecule has 0 unspecified atom stereocenters. The van der Waals surface area contributed by atoms with Gasteiger partial charge in [-0.3, -0.25) is 4.79 Å². The summed E-state index contributed by atoms with van der Waals surface area (Å²) in [4.78, 5) is 12.2. The number of rotatable bonds is 5. The van der Waals surface area contributed by atoms with E-state index in [2.05, 4.69) is 19.2 Å². The van der Waals surface area contributed by atoms with Gasteiger partial charge in [-0.1, -0.05) is 38.1 Å². The van der Waals surface area contributed by atoms with Crippen molar-refractivity contribution in [2.24, 2.45) is 5.92 Å². The summed E-state index contributed by atoms with van der Waals surface area (Å²) >= 11 is 0. The smallest absolute Gasteiger partial charge is 0.256 e. The number of hydrogen-bond acceptors (Lipinski definition) is 3. The molecule has 24 heavy (non-hydrogen) atoms. The quantitative estimate of drug-likeness (QED) is 0.838. The molecule has 0 spiro atoms. The lowest BCUT2D eigenvalue weighted by Crippen LogP contribution is -2.05. The fourth-order valence-corrected chi connectivity index (χ4v) is 2.60. The number of para-hydroxylation sites is 1. The fraction of sp³-hybridized carbons (Fsp3) is 0.250. The van der Waals surface area contributed by atoms with E-state index >= 15 is 0 Å². The highest BCUT2D eigenvalue weighted by atomic mass is 16.5. The zero-order chi connectivity index (χ0) is 17.1. The number of fused-ring (bicyclic) bond motifs is 1. The van der Waals surface area contributed by atoms with E-state index in [0.717, 1.165) is 16.8 Å². The fourth-order valence-electron chi connectivity index (χ4n) is 2.60. The van der Waals surface area contributed by atoms with Crippen LogP contribution in [0.4, 0.5) is 5.69 Å². The Kier molecular flexibility index (Phi) is 4.56. The predicted octanol–water partition coefficient (Wildman–Crippen LogP) is 4.22. The molecule has 2 aromatic carbocycles. The molecule has 0 saturated carbocycles. The summed E-state index contributed by atoms with van der Waals surface area (Å²) in [5, 5.41) is 2.88. The molecule has 0 radical (unpaired) electrons. The highest BCUT2D eigenvalue weighted by Gasteiger charge is 2.23. The number of carbonyl (C=O) groups excluding carboxylic acids is 1. The van der Waals surface area contributed by atoms with Crippen LogP contribution in [0, 0.1) is 5.92 Å². The first-order valence-corrected chi connectivity index (χ1v) is 8.01. The van der Waals surface area contributed by atoms with E-state index in [4.69, 9.17) is 9.47 Å². The molecular formula is C20H21NO3. The summed E-state index contributed by atoms with van der Waals surface area (Å²) in [5.74, 6) is 1.73. The van der Waals surface area contributed by atoms with Gasteiger partial charge >= 0.3 is 0 Å². The van der Waals surface area contributed by atoms with Gasteiger partial charge in [-0.25, -0.2) is 0 Å². The lowest BCUT2D eigenvalue weighted by Gasteiger charge is -2.13. The minimum Gasteiger partial charge on any atom is -0.493 e. The van der Waals surface area contributed by atoms with Crippen LogP contribution in [0.5, 0.6) is 11.5 Å². The lowest BCUT2D eigenvalue weighted by atomic mass is 10.0. The van der Waals surface area contributed by atoms with E-state index in [9.17, 15) is 4.79 Å². The Morgan fingerprint density at radius 2 is 1.92 bits per heavy atom. The standard InChI is InChI=1S/C20H21NO3/c1-13(2)12-24-18-9-8-14(11-19(18)23-3)10-16-15-6-4-5-7-17(15)21-20(16)22/h4-11,13H,12H2,1-3H3,(H,21,22)/b16-10+. The third kappa shape index (κ3) is 3.27. The summed E-state index contributed by atoms with van der Waals surface area (Å²) in [6, 6.07) is 13.4. The molecule has 0 aliphatic carbocycles. The molecule has 124 valence electrons. The number of ether oxygens (including phenoxy) is 2. The molecule has 0 aromatic heterocycles. The maximum Gasteiger partial charge on any atom is 0.256 e. The number of hydrogen-bond donors (Lipinski definition) is 1. The van der Waals surface area contributed by atoms with Gasteiger partial charge in [-0.15, -0.1) is 0 Å². The maximum absolute atomic E-state index is 12.2. The normalized spacial score (nSPS) is 14.7. The van der Waals surface area contributed by atoms with E-state index in [-0.39, 0.29) is 5.91 Å². The number of benzene rings is 2. The molecule has 1 heterocycles. The minimum atomic E-state index is -0.0877. The van der Waals surface area contributed by atoms with Gasteiger partial charge in [0.15, 0.2) is 11.5 Å². The maximum atomic E-state index is 12.2. The van der Waals surface area contributed by atoms with E-state index < -0.39 is 0 Å². The Morgan fingerprint density at radius 3 is 2.67 bits per heavy atom. The second-order valence-corrected chi connectivity index (χ2v) is 6.17. The summed E-state index contributed by atoms with van der Waals surface area (Å²) in [6.45, 7) is 4.83. The number of amides is 1. The zero-order valence-electron chi connectivity index (χ0n) is 14.1. The third-order valence-electron chi connectivity index (χ3n) is 3.78. The number of nitrogens with one attached hydrogen (secondary N) is 1. The Hall–Kier alpha value is -2.75. The van der Waals surface area contributed by atoms with Gasteiger partial charge in [-0.2, -0.15) is 0 Å². The Morgan fingerprint density at radius 1 is 1.12 bits per heavy atom. The van der Waals surface area contributed by atoms with Gasteiger partial charge in [0.1, 0.15) is 0 Å². The summed E-state index contributed by atoms with van der Waals surface area (Å²) in [5.41, 5.74) is 3.31. The largest absolute Gasteiger partial charge is 0.493 e. The van der Waals surface area contributed by atoms with Gasteiger partial charge in [0, 0.05) is 16.8 Å². The van der Waals surface area contributed by atoms with Crippen molar-refractivity contribution in [3.63, 3.8) is 0 Å². The Balaban J connectivity index is 1.92. The first kappa shape index (κ1) is 16.1. The van der Waals surface area contributed by atoms with Gasteiger partial charge in [-0.05, 0) is 35.8 Å². The van der Waals surface area contributed by atoms with E-state index in [1.165, 1.54) is 0 Å². The van der Waals surface area contributed by atoms with Crippen LogP contribution in [-0.4, -0.2) is 19.6 Å². The van der Waals surface area contributed by atoms with E-state index in [1.54, 1.807) is 7.11 Å². The van der Waals surface area contributed by atoms with Crippen LogP contribution in [0.25, 0.3) is 11.6 Å². The number of anilines is 1. The van der Waals surface area contributed by atoms with E-state index in [0.29, 0.717) is 29.6 Å². The van der Waals surface area contributed by atoms with Crippen LogP contribution in [-0.2, 0) is 4.79 Å². The monoisotopic (exact) mass is 323 g/mol. The van der Waals surface area contributed by atoms with Gasteiger partial charge in [0.25, 0.3) is 5.91 Å². The molecule has 3 rings (SSSR count). The summed E-state index contributed by atoms with van der Waals surface area (Å²) in [6.07, 6.45) is 1.87. The molecule has 2 aromatic rings. The molecule has 4 heteroatoms. The molecule has 4 nitrogen and oxygen atoms in total. The van der Waals surface area contributed by atoms with Crippen molar-refractivity contribution in [1.29, 1.82) is 0 Å². The molecule has 0 saturated heterocycles. The topological polar surface area (TPSA) is 47.6 Å². The van der Waals surface area contributed by atoms with Gasteiger partial charge in [0.05, 0.1) is 13.7 Å². The minimum absolute atomic E-state index is 0.0877. The number of carbonyl (C=O) groups is 1. The molecule has 0 fully saturated rings. The van der Waals surface area contributed by atoms with Gasteiger partial charge < -0.3 is 14.8 Å². The zero-order valence-corrected chi connectivity index (χ0v) is 14.1. The summed E-state index contributed by atoms with van der Waals surface area (Å²) in [7, 11) is 1.62. The van der Waals surface area contributed by atoms with Crippen LogP contribution in [0.15, 0.2) is 42.5 Å². The van der Waals surface area contributed by atoms with Crippen molar-refractivity contribution in [3.05, 3.63) is 53.6 Å². The van der Waals surface area contributed by atoms with Crippen LogP contribution in [0.1, 0.15) is 25.0 Å². The van der Waals surface area contributed by atoms with Gasteiger partial charge in [0.2, 0.25) is 0 Å². The van der Waals surface area contributed by atoms with Crippen molar-refractivity contribution < 1.29 is 14.3 Å². The molecule has 0 atom stereocenters. The number of methoxy groups -OCH3 is 1. The molecular weight excluding hydrogens is 302 g/mol. The molecule has 1 amide bonds. The third-order valence-corrected chi connectivity index (χ3v) is 3.78. The highest BCUT2D eigenvalue weighted by Crippen LogP contribution is 2.34. The van der Waals surface area contributed by atoms with E-state index in [1.807, 2.05) is 48.5 Å². The van der Waals surface area contributed by atoms with Crippen LogP contribution in [0.2, 0.25) is 0 Å². The predicted molar refractivity (Wildman–Crippen MR) is 96.3 cm³/mol. The molecule has 1 N–H and O–H groups in total.